The van der Waals surface area contributed by atoms with Crippen LogP contribution in [0.2, 0.25) is 0 Å². The maximum atomic E-state index is 12.7. The van der Waals surface area contributed by atoms with Crippen LogP contribution in [0, 0.1) is 12.3 Å². The first kappa shape index (κ1) is 25.7. The van der Waals surface area contributed by atoms with Crippen LogP contribution in [0.1, 0.15) is 69.4 Å². The van der Waals surface area contributed by atoms with Crippen molar-refractivity contribution in [3.63, 3.8) is 0 Å². The molecule has 0 bridgehead atoms. The van der Waals surface area contributed by atoms with Crippen LogP contribution in [-0.2, 0) is 6.18 Å². The van der Waals surface area contributed by atoms with Crippen molar-refractivity contribution >= 4 is 5.91 Å². The largest absolute Gasteiger partial charge is 0.417 e. The molecule has 0 unspecified atom stereocenters. The highest BCUT2D eigenvalue weighted by atomic mass is 19.4. The van der Waals surface area contributed by atoms with E-state index < -0.39 is 17.6 Å². The van der Waals surface area contributed by atoms with Gasteiger partial charge in [0, 0.05) is 13.2 Å². The lowest BCUT2D eigenvalue weighted by molar-refractivity contribution is -0.138. The molecular weight excluding hydrogens is 331 g/mol. The molecule has 25 heavy (non-hydrogen) atoms. The molecule has 0 aliphatic rings. The third-order valence-electron chi connectivity index (χ3n) is 2.73. The number of benzene rings is 1. The molecule has 3 nitrogen and oxygen atoms in total. The van der Waals surface area contributed by atoms with Crippen LogP contribution >= 0.6 is 0 Å². The number of aliphatic hydroxyl groups excluding tert-OH is 1. The van der Waals surface area contributed by atoms with Gasteiger partial charge in [0.15, 0.2) is 0 Å². The Bertz CT molecular complexity index is 506. The number of aliphatic hydroxyl groups is 1. The summed E-state index contributed by atoms with van der Waals surface area (Å²) in [6.07, 6.45) is -3.83. The second-order valence-corrected chi connectivity index (χ2v) is 6.52. The maximum absolute atomic E-state index is 12.7. The average Bonchev–Trinajstić information content (AvgIpc) is 2.53. The van der Waals surface area contributed by atoms with Gasteiger partial charge in [0.05, 0.1) is 11.1 Å². The predicted octanol–water partition coefficient (Wildman–Crippen LogP) is 5.20. The zero-order valence-electron chi connectivity index (χ0n) is 16.3. The molecule has 0 saturated carbocycles. The van der Waals surface area contributed by atoms with E-state index in [1.807, 2.05) is 41.5 Å². The number of halogens is 3. The van der Waals surface area contributed by atoms with Gasteiger partial charge in [-0.3, -0.25) is 4.79 Å². The molecule has 0 aliphatic carbocycles. The first-order valence-electron chi connectivity index (χ1n) is 8.49. The lowest BCUT2D eigenvalue weighted by atomic mass is 9.99. The standard InChI is InChI=1S/C12H14F3NO.C5H12O.C2H6/c1-3-6-16-11(17)9-5-4-8(2)7-10(9)12(13,14)15;1-5(2,3)4-6;1-2/h4-5,7H,3,6H2,1-2H3,(H,16,17);6H,4H2,1-3H3;1-2H3. The number of alkyl halides is 3. The van der Waals surface area contributed by atoms with Crippen LogP contribution in [0.5, 0.6) is 0 Å². The van der Waals surface area contributed by atoms with Crippen molar-refractivity contribution in [2.24, 2.45) is 5.41 Å². The Labute approximate surface area is 149 Å². The van der Waals surface area contributed by atoms with E-state index in [2.05, 4.69) is 5.32 Å². The van der Waals surface area contributed by atoms with Gasteiger partial charge in [-0.05, 0) is 30.9 Å². The van der Waals surface area contributed by atoms with E-state index in [0.717, 1.165) is 6.07 Å². The number of carbonyl (C=O) groups is 1. The number of rotatable bonds is 3. The molecular formula is C19H32F3NO2. The zero-order valence-corrected chi connectivity index (χ0v) is 16.3. The van der Waals surface area contributed by atoms with Gasteiger partial charge >= 0.3 is 6.18 Å². The van der Waals surface area contributed by atoms with Gasteiger partial charge in [0.2, 0.25) is 0 Å². The number of aryl methyl sites for hydroxylation is 1. The predicted molar refractivity (Wildman–Crippen MR) is 96.7 cm³/mol. The van der Waals surface area contributed by atoms with E-state index >= 15 is 0 Å². The van der Waals surface area contributed by atoms with Crippen LogP contribution in [0.3, 0.4) is 0 Å². The molecule has 0 fully saturated rings. The summed E-state index contributed by atoms with van der Waals surface area (Å²) in [6, 6.07) is 3.69. The molecule has 2 N–H and O–H groups in total. The van der Waals surface area contributed by atoms with Crippen LogP contribution in [0.4, 0.5) is 13.2 Å². The van der Waals surface area contributed by atoms with Gasteiger partial charge < -0.3 is 10.4 Å². The zero-order chi connectivity index (χ0) is 20.3. The number of carbonyl (C=O) groups excluding carboxylic acids is 1. The van der Waals surface area contributed by atoms with Crippen molar-refractivity contribution in [2.45, 2.75) is 61.1 Å². The SMILES string of the molecule is CC.CC(C)(C)CO.CCCNC(=O)c1ccc(C)cc1C(F)(F)F. The Morgan fingerprint density at radius 1 is 1.16 bits per heavy atom. The highest BCUT2D eigenvalue weighted by molar-refractivity contribution is 5.95. The Morgan fingerprint density at radius 3 is 2.00 bits per heavy atom. The first-order chi connectivity index (χ1) is 11.4. The molecule has 0 heterocycles. The van der Waals surface area contributed by atoms with Gasteiger partial charge in [-0.2, -0.15) is 13.2 Å². The minimum absolute atomic E-state index is 0.0972. The Hall–Kier alpha value is -1.56. The summed E-state index contributed by atoms with van der Waals surface area (Å²) in [7, 11) is 0. The summed E-state index contributed by atoms with van der Waals surface area (Å²) >= 11 is 0. The average molecular weight is 363 g/mol. The lowest BCUT2D eigenvalue weighted by Gasteiger charge is -2.13. The summed E-state index contributed by atoms with van der Waals surface area (Å²) in [5.41, 5.74) is -0.632. The van der Waals surface area contributed by atoms with E-state index in [1.165, 1.54) is 12.1 Å². The molecule has 0 aliphatic heterocycles. The quantitative estimate of drug-likeness (QED) is 0.775. The smallest absolute Gasteiger partial charge is 0.396 e. The summed E-state index contributed by atoms with van der Waals surface area (Å²) in [4.78, 5) is 11.6. The summed E-state index contributed by atoms with van der Waals surface area (Å²) in [5.74, 6) is -0.681. The maximum Gasteiger partial charge on any atom is 0.417 e. The molecule has 146 valence electrons. The minimum atomic E-state index is -4.51. The van der Waals surface area contributed by atoms with Crippen molar-refractivity contribution in [2.75, 3.05) is 13.2 Å². The highest BCUT2D eigenvalue weighted by Crippen LogP contribution is 2.32. The molecule has 0 spiro atoms. The molecule has 1 rings (SSSR count). The summed E-state index contributed by atoms with van der Waals surface area (Å²) in [5, 5.41) is 10.8. The van der Waals surface area contributed by atoms with Crippen LogP contribution in [-0.4, -0.2) is 24.2 Å². The Kier molecular flexibility index (Phi) is 12.2. The third-order valence-corrected chi connectivity index (χ3v) is 2.73. The normalized spacial score (nSPS) is 10.8. The van der Waals surface area contributed by atoms with Gasteiger partial charge in [-0.25, -0.2) is 0 Å². The molecule has 1 amide bonds. The van der Waals surface area contributed by atoms with Crippen molar-refractivity contribution in [1.82, 2.24) is 5.32 Å². The number of nitrogens with one attached hydrogen (secondary N) is 1. The fourth-order valence-electron chi connectivity index (χ4n) is 1.42. The van der Waals surface area contributed by atoms with E-state index in [0.29, 0.717) is 18.5 Å². The molecule has 1 aromatic carbocycles. The summed E-state index contributed by atoms with van der Waals surface area (Å²) in [6.45, 7) is 14.0. The first-order valence-corrected chi connectivity index (χ1v) is 8.49. The fraction of sp³-hybridized carbons (Fsp3) is 0.632. The molecule has 1 aromatic rings. The topological polar surface area (TPSA) is 49.3 Å². The van der Waals surface area contributed by atoms with Crippen molar-refractivity contribution in [1.29, 1.82) is 0 Å². The van der Waals surface area contributed by atoms with Crippen molar-refractivity contribution in [3.8, 4) is 0 Å². The number of amides is 1. The number of hydrogen-bond donors (Lipinski definition) is 2. The van der Waals surface area contributed by atoms with Crippen molar-refractivity contribution in [3.05, 3.63) is 34.9 Å². The van der Waals surface area contributed by atoms with E-state index in [1.54, 1.807) is 6.92 Å². The molecule has 0 radical (unpaired) electrons. The lowest BCUT2D eigenvalue weighted by Crippen LogP contribution is -2.26. The Morgan fingerprint density at radius 2 is 1.64 bits per heavy atom. The van der Waals surface area contributed by atoms with Gasteiger partial charge in [-0.15, -0.1) is 0 Å². The Balaban J connectivity index is 0. The molecule has 0 saturated heterocycles. The third kappa shape index (κ3) is 11.6. The van der Waals surface area contributed by atoms with E-state index in [4.69, 9.17) is 5.11 Å². The van der Waals surface area contributed by atoms with Gasteiger partial charge in [0.25, 0.3) is 5.91 Å². The molecule has 6 heteroatoms. The second kappa shape index (κ2) is 11.9. The number of hydrogen-bond acceptors (Lipinski definition) is 2. The van der Waals surface area contributed by atoms with Crippen molar-refractivity contribution < 1.29 is 23.1 Å². The minimum Gasteiger partial charge on any atom is -0.396 e. The summed E-state index contributed by atoms with van der Waals surface area (Å²) < 4.78 is 38.2. The van der Waals surface area contributed by atoms with Gasteiger partial charge in [0.1, 0.15) is 0 Å². The molecule has 0 atom stereocenters. The second-order valence-electron chi connectivity index (χ2n) is 6.52. The van der Waals surface area contributed by atoms with E-state index in [-0.39, 0.29) is 17.6 Å². The molecule has 0 aromatic heterocycles. The van der Waals surface area contributed by atoms with Gasteiger partial charge in [-0.1, -0.05) is 53.2 Å². The van der Waals surface area contributed by atoms with Crippen LogP contribution < -0.4 is 5.32 Å². The van der Waals surface area contributed by atoms with Crippen LogP contribution in [0.15, 0.2) is 18.2 Å². The van der Waals surface area contributed by atoms with E-state index in [9.17, 15) is 18.0 Å². The monoisotopic (exact) mass is 363 g/mol. The van der Waals surface area contributed by atoms with Crippen LogP contribution in [0.25, 0.3) is 0 Å². The highest BCUT2D eigenvalue weighted by Gasteiger charge is 2.35. The fourth-order valence-corrected chi connectivity index (χ4v) is 1.42.